The highest BCUT2D eigenvalue weighted by Gasteiger charge is 2.14. The van der Waals surface area contributed by atoms with Crippen molar-refractivity contribution in [2.45, 2.75) is 13.3 Å². The molecule has 24 heavy (non-hydrogen) atoms. The summed E-state index contributed by atoms with van der Waals surface area (Å²) in [6.07, 6.45) is 0.886. The standard InChI is InChI=1S/C17H14Br2O5/c1-2-7-23-14-5-4-11(9-12(14)18)17(22)24-15-6-3-10(16(20)21)8-13(15)19/h3-6,8-9H,2,7H2,1H3,(H,20,21). The highest BCUT2D eigenvalue weighted by atomic mass is 79.9. The van der Waals surface area contributed by atoms with Gasteiger partial charge < -0.3 is 14.6 Å². The Labute approximate surface area is 155 Å². The number of aromatic carboxylic acids is 1. The summed E-state index contributed by atoms with van der Waals surface area (Å²) in [6.45, 7) is 2.60. The molecule has 5 nitrogen and oxygen atoms in total. The fourth-order valence-electron chi connectivity index (χ4n) is 1.83. The van der Waals surface area contributed by atoms with Gasteiger partial charge in [-0.15, -0.1) is 0 Å². The Kier molecular flexibility index (Phi) is 6.39. The lowest BCUT2D eigenvalue weighted by Crippen LogP contribution is -2.09. The first-order chi connectivity index (χ1) is 11.4. The highest BCUT2D eigenvalue weighted by molar-refractivity contribution is 9.10. The van der Waals surface area contributed by atoms with E-state index in [1.807, 2.05) is 6.92 Å². The van der Waals surface area contributed by atoms with Crippen molar-refractivity contribution >= 4 is 43.8 Å². The highest BCUT2D eigenvalue weighted by Crippen LogP contribution is 2.29. The molecule has 0 spiro atoms. The van der Waals surface area contributed by atoms with Gasteiger partial charge in [0.05, 0.1) is 26.7 Å². The van der Waals surface area contributed by atoms with E-state index in [0.717, 1.165) is 6.42 Å². The molecule has 0 saturated carbocycles. The van der Waals surface area contributed by atoms with Gasteiger partial charge in [0, 0.05) is 0 Å². The van der Waals surface area contributed by atoms with Crippen molar-refractivity contribution < 1.29 is 24.2 Å². The molecule has 0 fully saturated rings. The fraction of sp³-hybridized carbons (Fsp3) is 0.176. The van der Waals surface area contributed by atoms with Gasteiger partial charge in [0.15, 0.2) is 0 Å². The van der Waals surface area contributed by atoms with Gasteiger partial charge in [0.2, 0.25) is 0 Å². The summed E-state index contributed by atoms with van der Waals surface area (Å²) >= 11 is 6.56. The number of rotatable bonds is 6. The maximum atomic E-state index is 12.2. The van der Waals surface area contributed by atoms with Crippen molar-refractivity contribution in [3.05, 3.63) is 56.5 Å². The van der Waals surface area contributed by atoms with Crippen LogP contribution in [0, 0.1) is 0 Å². The summed E-state index contributed by atoms with van der Waals surface area (Å²) in [6, 6.07) is 9.10. The van der Waals surface area contributed by atoms with Crippen LogP contribution in [0.2, 0.25) is 0 Å². The van der Waals surface area contributed by atoms with E-state index < -0.39 is 11.9 Å². The zero-order valence-corrected chi connectivity index (χ0v) is 15.9. The molecule has 0 aliphatic heterocycles. The smallest absolute Gasteiger partial charge is 0.343 e. The molecule has 1 N–H and O–H groups in total. The van der Waals surface area contributed by atoms with E-state index in [9.17, 15) is 9.59 Å². The van der Waals surface area contributed by atoms with E-state index in [4.69, 9.17) is 14.6 Å². The molecule has 2 aromatic carbocycles. The number of carboxylic acid groups (broad SMARTS) is 1. The van der Waals surface area contributed by atoms with Gasteiger partial charge in [-0.2, -0.15) is 0 Å². The number of carbonyl (C=O) groups is 2. The Morgan fingerprint density at radius 2 is 1.58 bits per heavy atom. The van der Waals surface area contributed by atoms with Crippen LogP contribution in [0.4, 0.5) is 0 Å². The summed E-state index contributed by atoms with van der Waals surface area (Å²) in [5.41, 5.74) is 0.446. The Hall–Kier alpha value is -1.86. The molecule has 0 atom stereocenters. The van der Waals surface area contributed by atoms with E-state index in [0.29, 0.717) is 26.9 Å². The van der Waals surface area contributed by atoms with Crippen LogP contribution in [0.15, 0.2) is 45.3 Å². The first-order valence-corrected chi connectivity index (χ1v) is 8.68. The van der Waals surface area contributed by atoms with E-state index in [1.54, 1.807) is 18.2 Å². The van der Waals surface area contributed by atoms with Crippen molar-refractivity contribution in [1.29, 1.82) is 0 Å². The van der Waals surface area contributed by atoms with Gasteiger partial charge >= 0.3 is 11.9 Å². The summed E-state index contributed by atoms with van der Waals surface area (Å²) in [5, 5.41) is 8.93. The molecule has 7 heteroatoms. The maximum absolute atomic E-state index is 12.2. The van der Waals surface area contributed by atoms with Crippen molar-refractivity contribution in [2.75, 3.05) is 6.61 Å². The Bertz CT molecular complexity index is 774. The first kappa shape index (κ1) is 18.5. The first-order valence-electron chi connectivity index (χ1n) is 7.09. The van der Waals surface area contributed by atoms with Crippen LogP contribution in [0.25, 0.3) is 0 Å². The zero-order chi connectivity index (χ0) is 17.7. The summed E-state index contributed by atoms with van der Waals surface area (Å²) in [7, 11) is 0. The molecule has 0 radical (unpaired) electrons. The minimum atomic E-state index is -1.06. The van der Waals surface area contributed by atoms with Gasteiger partial charge in [0.1, 0.15) is 11.5 Å². The Balaban J connectivity index is 2.15. The maximum Gasteiger partial charge on any atom is 0.343 e. The summed E-state index contributed by atoms with van der Waals surface area (Å²) in [5.74, 6) is -0.713. The van der Waals surface area contributed by atoms with Crippen LogP contribution in [-0.4, -0.2) is 23.7 Å². The predicted octanol–water partition coefficient (Wildman–Crippen LogP) is 4.92. The number of carboxylic acids is 1. The third kappa shape index (κ3) is 4.58. The average molecular weight is 458 g/mol. The van der Waals surface area contributed by atoms with Crippen LogP contribution < -0.4 is 9.47 Å². The molecule has 0 bridgehead atoms. The van der Waals surface area contributed by atoms with Gasteiger partial charge in [-0.1, -0.05) is 6.92 Å². The Morgan fingerprint density at radius 3 is 2.17 bits per heavy atom. The van der Waals surface area contributed by atoms with Crippen molar-refractivity contribution in [2.24, 2.45) is 0 Å². The van der Waals surface area contributed by atoms with Gasteiger partial charge in [-0.3, -0.25) is 0 Å². The molecule has 2 rings (SSSR count). The molecular formula is C17H14Br2O5. The normalized spacial score (nSPS) is 10.3. The third-order valence-corrected chi connectivity index (χ3v) is 4.25. The van der Waals surface area contributed by atoms with Crippen LogP contribution >= 0.6 is 31.9 Å². The van der Waals surface area contributed by atoms with Gasteiger partial charge in [0.25, 0.3) is 0 Å². The third-order valence-electron chi connectivity index (χ3n) is 3.01. The number of carbonyl (C=O) groups excluding carboxylic acids is 1. The molecule has 0 unspecified atom stereocenters. The van der Waals surface area contributed by atoms with Crippen LogP contribution in [0.3, 0.4) is 0 Å². The number of hydrogen-bond donors (Lipinski definition) is 1. The zero-order valence-electron chi connectivity index (χ0n) is 12.7. The number of esters is 1. The molecular weight excluding hydrogens is 444 g/mol. The molecule has 2 aromatic rings. The molecule has 0 amide bonds. The minimum Gasteiger partial charge on any atom is -0.492 e. The lowest BCUT2D eigenvalue weighted by molar-refractivity contribution is 0.0696. The monoisotopic (exact) mass is 456 g/mol. The topological polar surface area (TPSA) is 72.8 Å². The van der Waals surface area contributed by atoms with Gasteiger partial charge in [-0.25, -0.2) is 9.59 Å². The van der Waals surface area contributed by atoms with Crippen LogP contribution in [-0.2, 0) is 0 Å². The Morgan fingerprint density at radius 1 is 1.00 bits per heavy atom. The van der Waals surface area contributed by atoms with E-state index >= 15 is 0 Å². The van der Waals surface area contributed by atoms with Crippen molar-refractivity contribution in [1.82, 2.24) is 0 Å². The number of benzene rings is 2. The second-order valence-electron chi connectivity index (χ2n) is 4.83. The summed E-state index contributed by atoms with van der Waals surface area (Å²) in [4.78, 5) is 23.1. The number of hydrogen-bond acceptors (Lipinski definition) is 4. The quantitative estimate of drug-likeness (QED) is 0.492. The summed E-state index contributed by atoms with van der Waals surface area (Å²) < 4.78 is 11.9. The van der Waals surface area contributed by atoms with Crippen LogP contribution in [0.1, 0.15) is 34.1 Å². The molecule has 0 heterocycles. The van der Waals surface area contributed by atoms with Crippen molar-refractivity contribution in [3.8, 4) is 11.5 Å². The second kappa shape index (κ2) is 8.30. The largest absolute Gasteiger partial charge is 0.492 e. The second-order valence-corrected chi connectivity index (χ2v) is 6.54. The lowest BCUT2D eigenvalue weighted by Gasteiger charge is -2.10. The molecule has 0 aromatic heterocycles. The molecule has 0 saturated heterocycles. The number of ether oxygens (including phenoxy) is 2. The van der Waals surface area contributed by atoms with E-state index in [2.05, 4.69) is 31.9 Å². The lowest BCUT2D eigenvalue weighted by atomic mass is 10.2. The SMILES string of the molecule is CCCOc1ccc(C(=O)Oc2ccc(C(=O)O)cc2Br)cc1Br. The average Bonchev–Trinajstić information content (AvgIpc) is 2.55. The van der Waals surface area contributed by atoms with E-state index in [-0.39, 0.29) is 11.3 Å². The number of halogens is 2. The fourth-order valence-corrected chi connectivity index (χ4v) is 2.79. The molecule has 0 aliphatic carbocycles. The molecule has 126 valence electrons. The van der Waals surface area contributed by atoms with Crippen LogP contribution in [0.5, 0.6) is 11.5 Å². The minimum absolute atomic E-state index is 0.0989. The van der Waals surface area contributed by atoms with E-state index in [1.165, 1.54) is 18.2 Å². The van der Waals surface area contributed by atoms with Gasteiger partial charge in [-0.05, 0) is 74.7 Å². The molecule has 0 aliphatic rings. The van der Waals surface area contributed by atoms with Crippen molar-refractivity contribution in [3.63, 3.8) is 0 Å². The predicted molar refractivity (Wildman–Crippen MR) is 96.0 cm³/mol.